The van der Waals surface area contributed by atoms with Crippen molar-refractivity contribution in [2.75, 3.05) is 11.5 Å². The fraction of sp³-hybridized carbons (Fsp3) is 0.538. The quantitative estimate of drug-likeness (QED) is 0.744. The Morgan fingerprint density at radius 1 is 1.61 bits per heavy atom. The lowest BCUT2D eigenvalue weighted by molar-refractivity contribution is -0.121. The summed E-state index contributed by atoms with van der Waals surface area (Å²) in [6.07, 6.45) is 2.87. The minimum Gasteiger partial charge on any atom is -0.337 e. The molecule has 0 radical (unpaired) electrons. The number of rotatable bonds is 8. The highest BCUT2D eigenvalue weighted by atomic mass is 32.2. The third-order valence-corrected chi connectivity index (χ3v) is 4.20. The van der Waals surface area contributed by atoms with Gasteiger partial charge in [0.15, 0.2) is 0 Å². The first-order valence-corrected chi connectivity index (χ1v) is 8.16. The molecule has 1 aromatic heterocycles. The zero-order valence-electron chi connectivity index (χ0n) is 10.5. The number of unbranched alkanes of at least 4 members (excludes halogenated alkanes) is 1. The van der Waals surface area contributed by atoms with Gasteiger partial charge in [0.25, 0.3) is 0 Å². The molecule has 18 heavy (non-hydrogen) atoms. The van der Waals surface area contributed by atoms with Gasteiger partial charge in [0, 0.05) is 12.2 Å². The van der Waals surface area contributed by atoms with E-state index in [0.29, 0.717) is 6.42 Å². The van der Waals surface area contributed by atoms with E-state index in [1.165, 1.54) is 24.2 Å². The molecule has 0 aliphatic carbocycles. The lowest BCUT2D eigenvalue weighted by Gasteiger charge is -2.09. The summed E-state index contributed by atoms with van der Waals surface area (Å²) in [4.78, 5) is 11.7. The Hall–Kier alpha value is -0.990. The fourth-order valence-corrected chi connectivity index (χ4v) is 3.09. The second kappa shape index (κ2) is 9.01. The number of hydrogen-bond acceptors (Lipinski definition) is 4. The standard InChI is InChI=1S/C13H18N2OS2/c1-2-3-6-17-8-5-13(16)15-12(9-14)11-4-7-18-10-11/h4,7,10,12H,2-3,5-6,8H2,1H3,(H,15,16). The van der Waals surface area contributed by atoms with Gasteiger partial charge < -0.3 is 5.32 Å². The number of nitrogens with one attached hydrogen (secondary N) is 1. The molecular formula is C13H18N2OS2. The highest BCUT2D eigenvalue weighted by molar-refractivity contribution is 7.99. The number of carbonyl (C=O) groups excluding carboxylic acids is 1. The largest absolute Gasteiger partial charge is 0.337 e. The number of carbonyl (C=O) groups is 1. The molecule has 0 fully saturated rings. The molecule has 0 aromatic carbocycles. The average molecular weight is 282 g/mol. The minimum atomic E-state index is -0.510. The van der Waals surface area contributed by atoms with Crippen molar-refractivity contribution in [3.8, 4) is 6.07 Å². The number of nitriles is 1. The maximum Gasteiger partial charge on any atom is 0.222 e. The van der Waals surface area contributed by atoms with Crippen LogP contribution in [0.15, 0.2) is 16.8 Å². The van der Waals surface area contributed by atoms with E-state index in [2.05, 4.69) is 18.3 Å². The third kappa shape index (κ3) is 5.56. The van der Waals surface area contributed by atoms with Gasteiger partial charge >= 0.3 is 0 Å². The number of nitrogens with zero attached hydrogens (tertiary/aromatic N) is 1. The predicted molar refractivity (Wildman–Crippen MR) is 77.7 cm³/mol. The average Bonchev–Trinajstić information content (AvgIpc) is 2.89. The van der Waals surface area contributed by atoms with E-state index in [9.17, 15) is 4.79 Å². The van der Waals surface area contributed by atoms with Crippen LogP contribution in [0.3, 0.4) is 0 Å². The van der Waals surface area contributed by atoms with Crippen LogP contribution in [0.25, 0.3) is 0 Å². The highest BCUT2D eigenvalue weighted by Gasteiger charge is 2.13. The van der Waals surface area contributed by atoms with Crippen LogP contribution in [0.2, 0.25) is 0 Å². The Morgan fingerprint density at radius 3 is 3.06 bits per heavy atom. The van der Waals surface area contributed by atoms with E-state index < -0.39 is 6.04 Å². The molecule has 0 saturated heterocycles. The monoisotopic (exact) mass is 282 g/mol. The number of thiophene rings is 1. The number of thioether (sulfide) groups is 1. The highest BCUT2D eigenvalue weighted by Crippen LogP contribution is 2.16. The predicted octanol–water partition coefficient (Wildman–Crippen LogP) is 3.35. The van der Waals surface area contributed by atoms with Gasteiger partial charge in [0.1, 0.15) is 6.04 Å². The molecule has 1 unspecified atom stereocenters. The van der Waals surface area contributed by atoms with Crippen molar-refractivity contribution >= 4 is 29.0 Å². The van der Waals surface area contributed by atoms with Crippen LogP contribution in [0.5, 0.6) is 0 Å². The summed E-state index contributed by atoms with van der Waals surface area (Å²) >= 11 is 3.33. The van der Waals surface area contributed by atoms with E-state index in [1.54, 1.807) is 11.8 Å². The van der Waals surface area contributed by atoms with Crippen molar-refractivity contribution in [3.05, 3.63) is 22.4 Å². The van der Waals surface area contributed by atoms with Crippen molar-refractivity contribution in [1.82, 2.24) is 5.32 Å². The Balaban J connectivity index is 2.25. The lowest BCUT2D eigenvalue weighted by atomic mass is 10.2. The molecule has 1 heterocycles. The molecule has 1 amide bonds. The second-order valence-corrected chi connectivity index (χ2v) is 5.91. The molecule has 0 bridgehead atoms. The van der Waals surface area contributed by atoms with Crippen molar-refractivity contribution in [1.29, 1.82) is 5.26 Å². The topological polar surface area (TPSA) is 52.9 Å². The second-order valence-electron chi connectivity index (χ2n) is 3.90. The van der Waals surface area contributed by atoms with Gasteiger partial charge in [-0.1, -0.05) is 13.3 Å². The molecule has 1 aromatic rings. The number of amides is 1. The van der Waals surface area contributed by atoms with Crippen LogP contribution in [0.4, 0.5) is 0 Å². The van der Waals surface area contributed by atoms with Crippen LogP contribution in [-0.4, -0.2) is 17.4 Å². The molecule has 3 nitrogen and oxygen atoms in total. The first kappa shape index (κ1) is 15.1. The summed E-state index contributed by atoms with van der Waals surface area (Å²) in [7, 11) is 0. The van der Waals surface area contributed by atoms with Crippen molar-refractivity contribution in [2.45, 2.75) is 32.2 Å². The molecule has 5 heteroatoms. The Labute approximate surface area is 117 Å². The van der Waals surface area contributed by atoms with Gasteiger partial charge in [0.2, 0.25) is 5.91 Å². The van der Waals surface area contributed by atoms with Crippen LogP contribution in [0.1, 0.15) is 37.8 Å². The van der Waals surface area contributed by atoms with Crippen LogP contribution < -0.4 is 5.32 Å². The normalized spacial score (nSPS) is 11.8. The Morgan fingerprint density at radius 2 is 2.44 bits per heavy atom. The van der Waals surface area contributed by atoms with Crippen LogP contribution in [-0.2, 0) is 4.79 Å². The SMILES string of the molecule is CCCCSCCC(=O)NC(C#N)c1ccsc1. The summed E-state index contributed by atoms with van der Waals surface area (Å²) in [6, 6.07) is 3.47. The summed E-state index contributed by atoms with van der Waals surface area (Å²) in [5.74, 6) is 1.89. The van der Waals surface area contributed by atoms with E-state index in [0.717, 1.165) is 17.1 Å². The van der Waals surface area contributed by atoms with Crippen molar-refractivity contribution in [2.24, 2.45) is 0 Å². The first-order valence-electron chi connectivity index (χ1n) is 6.06. The summed E-state index contributed by atoms with van der Waals surface area (Å²) in [6.45, 7) is 2.16. The molecule has 1 atom stereocenters. The number of hydrogen-bond donors (Lipinski definition) is 1. The fourth-order valence-electron chi connectivity index (χ4n) is 1.38. The van der Waals surface area contributed by atoms with Crippen LogP contribution in [0, 0.1) is 11.3 Å². The zero-order chi connectivity index (χ0) is 13.2. The molecule has 0 spiro atoms. The van der Waals surface area contributed by atoms with Gasteiger partial charge in [-0.15, -0.1) is 0 Å². The maximum atomic E-state index is 11.7. The van der Waals surface area contributed by atoms with E-state index in [4.69, 9.17) is 5.26 Å². The third-order valence-electron chi connectivity index (χ3n) is 2.43. The van der Waals surface area contributed by atoms with Gasteiger partial charge in [-0.2, -0.15) is 28.4 Å². The molecule has 1 rings (SSSR count). The molecule has 0 saturated carbocycles. The van der Waals surface area contributed by atoms with E-state index in [-0.39, 0.29) is 5.91 Å². The summed E-state index contributed by atoms with van der Waals surface area (Å²) in [5, 5.41) is 15.6. The maximum absolute atomic E-state index is 11.7. The molecule has 1 N–H and O–H groups in total. The van der Waals surface area contributed by atoms with Gasteiger partial charge in [-0.05, 0) is 34.6 Å². The van der Waals surface area contributed by atoms with Gasteiger partial charge in [-0.25, -0.2) is 0 Å². The lowest BCUT2D eigenvalue weighted by Crippen LogP contribution is -2.27. The van der Waals surface area contributed by atoms with Crippen molar-refractivity contribution < 1.29 is 4.79 Å². The molecule has 0 aliphatic heterocycles. The van der Waals surface area contributed by atoms with E-state index in [1.807, 2.05) is 16.8 Å². The molecule has 0 aliphatic rings. The zero-order valence-corrected chi connectivity index (χ0v) is 12.1. The van der Waals surface area contributed by atoms with Gasteiger partial charge in [-0.3, -0.25) is 4.79 Å². The summed E-state index contributed by atoms with van der Waals surface area (Å²) in [5.41, 5.74) is 0.870. The smallest absolute Gasteiger partial charge is 0.222 e. The summed E-state index contributed by atoms with van der Waals surface area (Å²) < 4.78 is 0. The van der Waals surface area contributed by atoms with Crippen LogP contribution >= 0.6 is 23.1 Å². The molecule has 98 valence electrons. The molecular weight excluding hydrogens is 264 g/mol. The van der Waals surface area contributed by atoms with Gasteiger partial charge in [0.05, 0.1) is 6.07 Å². The minimum absolute atomic E-state index is 0.0447. The van der Waals surface area contributed by atoms with Crippen molar-refractivity contribution in [3.63, 3.8) is 0 Å². The Kier molecular flexibility index (Phi) is 7.54. The first-order chi connectivity index (χ1) is 8.77. The van der Waals surface area contributed by atoms with E-state index >= 15 is 0 Å². The Bertz CT molecular complexity index is 384.